The summed E-state index contributed by atoms with van der Waals surface area (Å²) in [5.74, 6) is -1.21. The lowest BCUT2D eigenvalue weighted by atomic mass is 10.1. The first-order valence-corrected chi connectivity index (χ1v) is 6.37. The molecule has 0 bridgehead atoms. The topological polar surface area (TPSA) is 98.7 Å². The van der Waals surface area contributed by atoms with E-state index in [2.05, 4.69) is 10.6 Å². The number of unbranched alkanes of at least 4 members (excludes halogenated alkanes) is 1. The van der Waals surface area contributed by atoms with Crippen molar-refractivity contribution in [1.29, 1.82) is 0 Å². The van der Waals surface area contributed by atoms with Crippen LogP contribution in [-0.2, 0) is 9.59 Å². The smallest absolute Gasteiger partial charge is 0.326 e. The van der Waals surface area contributed by atoms with Crippen molar-refractivity contribution in [3.63, 3.8) is 0 Å². The maximum absolute atomic E-state index is 11.7. The molecule has 0 aromatic heterocycles. The molecule has 0 aliphatic carbocycles. The molecule has 7 heteroatoms. The van der Waals surface area contributed by atoms with Gasteiger partial charge in [-0.25, -0.2) is 9.59 Å². The molecular weight excluding hydrogens is 250 g/mol. The summed E-state index contributed by atoms with van der Waals surface area (Å²) in [6.07, 6.45) is 2.19. The van der Waals surface area contributed by atoms with E-state index in [-0.39, 0.29) is 18.9 Å². The van der Waals surface area contributed by atoms with Gasteiger partial charge in [0.2, 0.25) is 5.91 Å². The molecule has 0 rings (SSSR count). The molecule has 3 N–H and O–H groups in total. The zero-order chi connectivity index (χ0) is 14.8. The largest absolute Gasteiger partial charge is 0.480 e. The SMILES string of the molecule is CCCC[C@H](NC(=O)N(C)CCC(=O)NC)C(=O)O. The Morgan fingerprint density at radius 2 is 1.95 bits per heavy atom. The minimum absolute atomic E-state index is 0.166. The number of nitrogens with one attached hydrogen (secondary N) is 2. The summed E-state index contributed by atoms with van der Waals surface area (Å²) in [6.45, 7) is 2.20. The van der Waals surface area contributed by atoms with Crippen LogP contribution in [0.2, 0.25) is 0 Å². The predicted octanol–water partition coefficient (Wildman–Crippen LogP) is 0.407. The summed E-state index contributed by atoms with van der Waals surface area (Å²) in [7, 11) is 3.05. The highest BCUT2D eigenvalue weighted by atomic mass is 16.4. The van der Waals surface area contributed by atoms with Crippen LogP contribution in [0, 0.1) is 0 Å². The van der Waals surface area contributed by atoms with Gasteiger partial charge in [0.25, 0.3) is 0 Å². The predicted molar refractivity (Wildman–Crippen MR) is 70.8 cm³/mol. The Bertz CT molecular complexity index is 320. The first kappa shape index (κ1) is 17.2. The van der Waals surface area contributed by atoms with Crippen LogP contribution in [0.5, 0.6) is 0 Å². The summed E-state index contributed by atoms with van der Waals surface area (Å²) in [5.41, 5.74) is 0. The number of hydrogen-bond acceptors (Lipinski definition) is 3. The molecule has 110 valence electrons. The molecule has 0 saturated heterocycles. The number of hydrogen-bond donors (Lipinski definition) is 3. The van der Waals surface area contributed by atoms with E-state index in [1.54, 1.807) is 0 Å². The summed E-state index contributed by atoms with van der Waals surface area (Å²) >= 11 is 0. The van der Waals surface area contributed by atoms with Crippen LogP contribution in [0.25, 0.3) is 0 Å². The molecule has 0 unspecified atom stereocenters. The van der Waals surface area contributed by atoms with E-state index in [1.165, 1.54) is 19.0 Å². The average Bonchev–Trinajstić information content (AvgIpc) is 2.39. The second kappa shape index (κ2) is 9.18. The Labute approximate surface area is 113 Å². The van der Waals surface area contributed by atoms with Gasteiger partial charge in [-0.05, 0) is 6.42 Å². The first-order chi connectivity index (χ1) is 8.92. The van der Waals surface area contributed by atoms with Crippen LogP contribution in [0.1, 0.15) is 32.6 Å². The van der Waals surface area contributed by atoms with Crippen molar-refractivity contribution in [1.82, 2.24) is 15.5 Å². The lowest BCUT2D eigenvalue weighted by Crippen LogP contribution is -2.47. The zero-order valence-corrected chi connectivity index (χ0v) is 11.7. The number of carboxylic acids is 1. The van der Waals surface area contributed by atoms with Gasteiger partial charge in [0.05, 0.1) is 0 Å². The normalized spacial score (nSPS) is 11.5. The number of carbonyl (C=O) groups excluding carboxylic acids is 2. The molecule has 0 heterocycles. The van der Waals surface area contributed by atoms with Crippen LogP contribution in [0.4, 0.5) is 4.79 Å². The first-order valence-electron chi connectivity index (χ1n) is 6.37. The van der Waals surface area contributed by atoms with Crippen molar-refractivity contribution in [3.8, 4) is 0 Å². The number of aliphatic carboxylic acids is 1. The van der Waals surface area contributed by atoms with Gasteiger partial charge < -0.3 is 20.6 Å². The van der Waals surface area contributed by atoms with Crippen molar-refractivity contribution in [2.75, 3.05) is 20.6 Å². The van der Waals surface area contributed by atoms with Crippen molar-refractivity contribution in [2.24, 2.45) is 0 Å². The number of carbonyl (C=O) groups is 3. The van der Waals surface area contributed by atoms with Crippen molar-refractivity contribution >= 4 is 17.9 Å². The summed E-state index contributed by atoms with van der Waals surface area (Å²) in [6, 6.07) is -1.36. The number of carboxylic acid groups (broad SMARTS) is 1. The molecule has 0 fully saturated rings. The Morgan fingerprint density at radius 1 is 1.32 bits per heavy atom. The fraction of sp³-hybridized carbons (Fsp3) is 0.750. The minimum Gasteiger partial charge on any atom is -0.480 e. The quantitative estimate of drug-likeness (QED) is 0.596. The molecule has 0 aromatic carbocycles. The molecule has 19 heavy (non-hydrogen) atoms. The lowest BCUT2D eigenvalue weighted by molar-refractivity contribution is -0.139. The van der Waals surface area contributed by atoms with E-state index in [4.69, 9.17) is 5.11 Å². The Morgan fingerprint density at radius 3 is 2.42 bits per heavy atom. The van der Waals surface area contributed by atoms with Crippen molar-refractivity contribution < 1.29 is 19.5 Å². The van der Waals surface area contributed by atoms with Gasteiger partial charge in [0, 0.05) is 27.1 Å². The van der Waals surface area contributed by atoms with Gasteiger partial charge in [-0.3, -0.25) is 4.79 Å². The van der Waals surface area contributed by atoms with E-state index in [1.807, 2.05) is 6.92 Å². The third-order valence-electron chi connectivity index (χ3n) is 2.74. The van der Waals surface area contributed by atoms with Crippen molar-refractivity contribution in [2.45, 2.75) is 38.6 Å². The van der Waals surface area contributed by atoms with E-state index in [0.29, 0.717) is 6.42 Å². The van der Waals surface area contributed by atoms with Crippen molar-refractivity contribution in [3.05, 3.63) is 0 Å². The van der Waals surface area contributed by atoms with Gasteiger partial charge in [-0.2, -0.15) is 0 Å². The van der Waals surface area contributed by atoms with Crippen LogP contribution >= 0.6 is 0 Å². The van der Waals surface area contributed by atoms with Gasteiger partial charge in [-0.1, -0.05) is 19.8 Å². The average molecular weight is 273 g/mol. The third-order valence-corrected chi connectivity index (χ3v) is 2.74. The molecule has 0 aromatic rings. The van der Waals surface area contributed by atoms with E-state index >= 15 is 0 Å². The molecule has 0 aliphatic heterocycles. The van der Waals surface area contributed by atoms with Gasteiger partial charge >= 0.3 is 12.0 Å². The zero-order valence-electron chi connectivity index (χ0n) is 11.7. The van der Waals surface area contributed by atoms with Gasteiger partial charge in [0.1, 0.15) is 6.04 Å². The molecular formula is C12H23N3O4. The molecule has 0 saturated carbocycles. The molecule has 1 atom stereocenters. The lowest BCUT2D eigenvalue weighted by Gasteiger charge is -2.21. The number of amides is 3. The maximum Gasteiger partial charge on any atom is 0.326 e. The summed E-state index contributed by atoms with van der Waals surface area (Å²) in [4.78, 5) is 35.1. The number of nitrogens with zero attached hydrogens (tertiary/aromatic N) is 1. The van der Waals surface area contributed by atoms with Crippen LogP contribution in [-0.4, -0.2) is 54.6 Å². The van der Waals surface area contributed by atoms with Gasteiger partial charge in [-0.15, -0.1) is 0 Å². The van der Waals surface area contributed by atoms with Gasteiger partial charge in [0.15, 0.2) is 0 Å². The second-order valence-corrected chi connectivity index (χ2v) is 4.33. The maximum atomic E-state index is 11.7. The summed E-state index contributed by atoms with van der Waals surface area (Å²) in [5, 5.41) is 13.9. The molecule has 0 aliphatic rings. The van der Waals surface area contributed by atoms with Crippen LogP contribution in [0.15, 0.2) is 0 Å². The number of rotatable bonds is 8. The van der Waals surface area contributed by atoms with Crippen LogP contribution in [0.3, 0.4) is 0 Å². The molecule has 3 amide bonds. The Balaban J connectivity index is 4.23. The Kier molecular flexibility index (Phi) is 8.32. The monoisotopic (exact) mass is 273 g/mol. The molecule has 0 spiro atoms. The fourth-order valence-corrected chi connectivity index (χ4v) is 1.42. The van der Waals surface area contributed by atoms with Crippen LogP contribution < -0.4 is 10.6 Å². The van der Waals surface area contributed by atoms with E-state index in [0.717, 1.165) is 12.8 Å². The summed E-state index contributed by atoms with van der Waals surface area (Å²) < 4.78 is 0. The number of urea groups is 1. The molecule has 7 nitrogen and oxygen atoms in total. The standard InChI is InChI=1S/C12H23N3O4/c1-4-5-6-9(11(17)18)14-12(19)15(3)8-7-10(16)13-2/h9H,4-8H2,1-3H3,(H,13,16)(H,14,19)(H,17,18)/t9-/m0/s1. The fourth-order valence-electron chi connectivity index (χ4n) is 1.42. The minimum atomic E-state index is -1.04. The highest BCUT2D eigenvalue weighted by Gasteiger charge is 2.21. The Hall–Kier alpha value is -1.79. The molecule has 0 radical (unpaired) electrons. The highest BCUT2D eigenvalue weighted by Crippen LogP contribution is 2.02. The third kappa shape index (κ3) is 7.28. The highest BCUT2D eigenvalue weighted by molar-refractivity contribution is 5.83. The second-order valence-electron chi connectivity index (χ2n) is 4.33. The van der Waals surface area contributed by atoms with E-state index in [9.17, 15) is 14.4 Å². The van der Waals surface area contributed by atoms with E-state index < -0.39 is 18.0 Å².